The standard InChI is InChI=1S/C6H9NO3/c1-2-10-7-4-5(8)3-6(7)9/h2-4H2,1H3. The zero-order valence-electron chi connectivity index (χ0n) is 5.79. The molecule has 1 heterocycles. The van der Waals surface area contributed by atoms with Crippen molar-refractivity contribution in [1.82, 2.24) is 5.06 Å². The monoisotopic (exact) mass is 143 g/mol. The molecule has 1 aliphatic rings. The first-order chi connectivity index (χ1) is 4.74. The third kappa shape index (κ3) is 1.33. The average Bonchev–Trinajstić information content (AvgIpc) is 2.13. The summed E-state index contributed by atoms with van der Waals surface area (Å²) in [5, 5.41) is 1.11. The predicted octanol–water partition coefficient (Wildman–Crippen LogP) is -0.261. The zero-order chi connectivity index (χ0) is 7.56. The quantitative estimate of drug-likeness (QED) is 0.500. The van der Waals surface area contributed by atoms with Gasteiger partial charge in [0.1, 0.15) is 6.54 Å². The van der Waals surface area contributed by atoms with Crippen LogP contribution in [0.3, 0.4) is 0 Å². The molecule has 1 fully saturated rings. The van der Waals surface area contributed by atoms with Gasteiger partial charge in [-0.05, 0) is 6.92 Å². The fourth-order valence-corrected chi connectivity index (χ4v) is 0.835. The summed E-state index contributed by atoms with van der Waals surface area (Å²) >= 11 is 0. The predicted molar refractivity (Wildman–Crippen MR) is 33.0 cm³/mol. The van der Waals surface area contributed by atoms with Crippen molar-refractivity contribution < 1.29 is 14.4 Å². The SMILES string of the molecule is CCON1CC(=O)CC1=O. The fourth-order valence-electron chi connectivity index (χ4n) is 0.835. The second kappa shape index (κ2) is 2.79. The molecule has 1 rings (SSSR count). The van der Waals surface area contributed by atoms with E-state index < -0.39 is 0 Å². The van der Waals surface area contributed by atoms with E-state index in [1.54, 1.807) is 6.92 Å². The van der Waals surface area contributed by atoms with Crippen LogP contribution in [0.25, 0.3) is 0 Å². The van der Waals surface area contributed by atoms with Crippen LogP contribution in [0.4, 0.5) is 0 Å². The molecule has 0 bridgehead atoms. The molecular formula is C6H9NO3. The van der Waals surface area contributed by atoms with Gasteiger partial charge in [-0.1, -0.05) is 0 Å². The molecule has 0 saturated carbocycles. The molecule has 0 radical (unpaired) electrons. The molecule has 4 nitrogen and oxygen atoms in total. The molecule has 4 heteroatoms. The Hall–Kier alpha value is -0.900. The van der Waals surface area contributed by atoms with E-state index in [0.717, 1.165) is 5.06 Å². The normalized spacial score (nSPS) is 18.7. The highest BCUT2D eigenvalue weighted by Crippen LogP contribution is 2.05. The minimum atomic E-state index is -0.230. The summed E-state index contributed by atoms with van der Waals surface area (Å²) < 4.78 is 0. The molecule has 56 valence electrons. The number of amides is 1. The Balaban J connectivity index is 2.46. The molecule has 1 amide bonds. The van der Waals surface area contributed by atoms with Crippen LogP contribution < -0.4 is 0 Å². The minimum Gasteiger partial charge on any atom is -0.297 e. The molecule has 0 unspecified atom stereocenters. The van der Waals surface area contributed by atoms with E-state index in [-0.39, 0.29) is 24.7 Å². The molecule has 0 aromatic rings. The Bertz CT molecular complexity index is 166. The molecule has 0 spiro atoms. The van der Waals surface area contributed by atoms with E-state index in [9.17, 15) is 9.59 Å². The highest BCUT2D eigenvalue weighted by molar-refractivity contribution is 6.04. The van der Waals surface area contributed by atoms with Gasteiger partial charge in [0.25, 0.3) is 5.91 Å². The van der Waals surface area contributed by atoms with Gasteiger partial charge in [0.2, 0.25) is 0 Å². The minimum absolute atomic E-state index is 0.000000000000000222. The highest BCUT2D eigenvalue weighted by atomic mass is 16.7. The maximum absolute atomic E-state index is 10.8. The lowest BCUT2D eigenvalue weighted by atomic mass is 10.3. The van der Waals surface area contributed by atoms with Crippen molar-refractivity contribution in [3.8, 4) is 0 Å². The first-order valence-electron chi connectivity index (χ1n) is 3.19. The number of carbonyl (C=O) groups is 2. The van der Waals surface area contributed by atoms with Gasteiger partial charge < -0.3 is 0 Å². The van der Waals surface area contributed by atoms with E-state index in [1.807, 2.05) is 0 Å². The van der Waals surface area contributed by atoms with Crippen molar-refractivity contribution in [3.63, 3.8) is 0 Å². The van der Waals surface area contributed by atoms with E-state index in [4.69, 9.17) is 4.84 Å². The van der Waals surface area contributed by atoms with Crippen molar-refractivity contribution in [2.24, 2.45) is 0 Å². The first kappa shape index (κ1) is 7.21. The van der Waals surface area contributed by atoms with Crippen LogP contribution in [-0.4, -0.2) is 29.9 Å². The number of nitrogens with zero attached hydrogens (tertiary/aromatic N) is 1. The Labute approximate surface area is 58.7 Å². The van der Waals surface area contributed by atoms with Crippen LogP contribution in [0.1, 0.15) is 13.3 Å². The fraction of sp³-hybridized carbons (Fsp3) is 0.667. The summed E-state index contributed by atoms with van der Waals surface area (Å²) in [7, 11) is 0. The molecule has 0 aliphatic carbocycles. The molecule has 10 heavy (non-hydrogen) atoms. The number of rotatable bonds is 2. The molecule has 0 aromatic heterocycles. The Kier molecular flexibility index (Phi) is 2.01. The van der Waals surface area contributed by atoms with Crippen molar-refractivity contribution in [1.29, 1.82) is 0 Å². The van der Waals surface area contributed by atoms with Gasteiger partial charge in [-0.15, -0.1) is 0 Å². The van der Waals surface area contributed by atoms with Crippen molar-refractivity contribution in [2.45, 2.75) is 13.3 Å². The molecule has 0 N–H and O–H groups in total. The molecule has 0 atom stereocenters. The van der Waals surface area contributed by atoms with Crippen molar-refractivity contribution >= 4 is 11.7 Å². The second-order valence-electron chi connectivity index (χ2n) is 2.06. The molecular weight excluding hydrogens is 134 g/mol. The zero-order valence-corrected chi connectivity index (χ0v) is 5.79. The summed E-state index contributed by atoms with van der Waals surface area (Å²) in [5.74, 6) is -0.301. The Morgan fingerprint density at radius 2 is 2.30 bits per heavy atom. The van der Waals surface area contributed by atoms with Crippen LogP contribution in [0, 0.1) is 0 Å². The van der Waals surface area contributed by atoms with Crippen LogP contribution >= 0.6 is 0 Å². The van der Waals surface area contributed by atoms with E-state index in [2.05, 4.69) is 0 Å². The average molecular weight is 143 g/mol. The lowest BCUT2D eigenvalue weighted by molar-refractivity contribution is -0.176. The van der Waals surface area contributed by atoms with E-state index in [0.29, 0.717) is 6.61 Å². The lowest BCUT2D eigenvalue weighted by Crippen LogP contribution is -2.25. The molecule has 1 saturated heterocycles. The molecule has 0 aromatic carbocycles. The lowest BCUT2D eigenvalue weighted by Gasteiger charge is -2.11. The van der Waals surface area contributed by atoms with Crippen LogP contribution in [0.15, 0.2) is 0 Å². The van der Waals surface area contributed by atoms with Crippen LogP contribution in [0.5, 0.6) is 0 Å². The van der Waals surface area contributed by atoms with Gasteiger partial charge in [-0.3, -0.25) is 14.4 Å². The summed E-state index contributed by atoms with van der Waals surface area (Å²) in [6, 6.07) is 0. The molecule has 1 aliphatic heterocycles. The summed E-state index contributed by atoms with van der Waals surface area (Å²) in [6.07, 6.45) is -0.000000000000000222. The first-order valence-corrected chi connectivity index (χ1v) is 3.19. The second-order valence-corrected chi connectivity index (χ2v) is 2.06. The third-order valence-corrected chi connectivity index (χ3v) is 1.23. The summed E-state index contributed by atoms with van der Waals surface area (Å²) in [4.78, 5) is 26.2. The van der Waals surface area contributed by atoms with Gasteiger partial charge in [0.05, 0.1) is 13.0 Å². The number of ketones is 1. The van der Waals surface area contributed by atoms with Gasteiger partial charge in [-0.2, -0.15) is 0 Å². The van der Waals surface area contributed by atoms with Gasteiger partial charge in [0, 0.05) is 0 Å². The maximum atomic E-state index is 10.8. The highest BCUT2D eigenvalue weighted by Gasteiger charge is 2.27. The van der Waals surface area contributed by atoms with Crippen molar-refractivity contribution in [3.05, 3.63) is 0 Å². The number of hydrogen-bond acceptors (Lipinski definition) is 3. The van der Waals surface area contributed by atoms with Crippen molar-refractivity contribution in [2.75, 3.05) is 13.2 Å². The van der Waals surface area contributed by atoms with Gasteiger partial charge in [-0.25, -0.2) is 5.06 Å². The number of hydroxylamine groups is 2. The summed E-state index contributed by atoms with van der Waals surface area (Å²) in [5.41, 5.74) is 0. The van der Waals surface area contributed by atoms with Gasteiger partial charge >= 0.3 is 0 Å². The van der Waals surface area contributed by atoms with Crippen LogP contribution in [-0.2, 0) is 14.4 Å². The van der Waals surface area contributed by atoms with E-state index in [1.165, 1.54) is 0 Å². The smallest absolute Gasteiger partial charge is 0.254 e. The maximum Gasteiger partial charge on any atom is 0.254 e. The Morgan fingerprint density at radius 3 is 2.70 bits per heavy atom. The summed E-state index contributed by atoms with van der Waals surface area (Å²) in [6.45, 7) is 2.32. The number of carbonyl (C=O) groups excluding carboxylic acids is 2. The van der Waals surface area contributed by atoms with E-state index >= 15 is 0 Å². The topological polar surface area (TPSA) is 46.6 Å². The Morgan fingerprint density at radius 1 is 1.60 bits per heavy atom. The number of Topliss-reactive ketones (excluding diaryl/α,β-unsaturated/α-hetero) is 1. The van der Waals surface area contributed by atoms with Crippen LogP contribution in [0.2, 0.25) is 0 Å². The van der Waals surface area contributed by atoms with Gasteiger partial charge in [0.15, 0.2) is 5.78 Å². The largest absolute Gasteiger partial charge is 0.297 e. The third-order valence-electron chi connectivity index (χ3n) is 1.23. The number of hydrogen-bond donors (Lipinski definition) is 0.